The topological polar surface area (TPSA) is 114 Å². The van der Waals surface area contributed by atoms with Gasteiger partial charge in [-0.3, -0.25) is 10.1 Å². The van der Waals surface area contributed by atoms with Gasteiger partial charge in [0.25, 0.3) is 5.91 Å². The average molecular weight is 368 g/mol. The maximum Gasteiger partial charge on any atom is 0.335 e. The van der Waals surface area contributed by atoms with Crippen molar-refractivity contribution in [2.24, 2.45) is 0 Å². The number of carbonyl (C=O) groups excluding carboxylic acids is 2. The molecule has 138 valence electrons. The third-order valence-corrected chi connectivity index (χ3v) is 3.81. The summed E-state index contributed by atoms with van der Waals surface area (Å²) in [5.41, 5.74) is 1.81. The number of carboxylic acid groups (broad SMARTS) is 1. The van der Waals surface area contributed by atoms with Crippen molar-refractivity contribution in [2.45, 2.75) is 6.61 Å². The lowest BCUT2D eigenvalue weighted by Crippen LogP contribution is -2.22. The van der Waals surface area contributed by atoms with Gasteiger partial charge in [-0.25, -0.2) is 9.59 Å². The molecule has 0 aromatic heterocycles. The second-order valence-electron chi connectivity index (χ2n) is 5.67. The fraction of sp³-hybridized carbons (Fsp3) is 0.105. The summed E-state index contributed by atoms with van der Waals surface area (Å²) in [6, 6.07) is 10.9. The zero-order valence-corrected chi connectivity index (χ0v) is 14.3. The van der Waals surface area contributed by atoms with Gasteiger partial charge >= 0.3 is 12.0 Å². The number of urea groups is 1. The number of imide groups is 1. The summed E-state index contributed by atoms with van der Waals surface area (Å²) in [4.78, 5) is 33.6. The molecule has 1 fully saturated rings. The number of aromatic carboxylic acids is 1. The summed E-state index contributed by atoms with van der Waals surface area (Å²) in [6.45, 7) is 0.231. The first kappa shape index (κ1) is 18.0. The highest BCUT2D eigenvalue weighted by Gasteiger charge is 2.22. The number of hydrogen-bond acceptors (Lipinski definition) is 5. The Labute approximate surface area is 154 Å². The van der Waals surface area contributed by atoms with Crippen LogP contribution in [-0.4, -0.2) is 30.1 Å². The summed E-state index contributed by atoms with van der Waals surface area (Å²) in [6.07, 6.45) is 1.52. The van der Waals surface area contributed by atoms with Crippen LogP contribution in [0.5, 0.6) is 11.5 Å². The largest absolute Gasteiger partial charge is 0.493 e. The van der Waals surface area contributed by atoms with E-state index in [4.69, 9.17) is 14.6 Å². The zero-order chi connectivity index (χ0) is 19.4. The van der Waals surface area contributed by atoms with Crippen LogP contribution < -0.4 is 20.1 Å². The van der Waals surface area contributed by atoms with E-state index in [9.17, 15) is 14.4 Å². The highest BCUT2D eigenvalue weighted by atomic mass is 16.5. The minimum absolute atomic E-state index is 0.147. The molecule has 0 saturated carbocycles. The fourth-order valence-electron chi connectivity index (χ4n) is 2.45. The van der Waals surface area contributed by atoms with Gasteiger partial charge in [-0.05, 0) is 41.5 Å². The van der Waals surface area contributed by atoms with Crippen LogP contribution in [-0.2, 0) is 11.4 Å². The second-order valence-corrected chi connectivity index (χ2v) is 5.67. The Hall–Kier alpha value is -3.81. The van der Waals surface area contributed by atoms with Crippen molar-refractivity contribution >= 4 is 24.0 Å². The number of carboxylic acids is 1. The van der Waals surface area contributed by atoms with E-state index in [-0.39, 0.29) is 17.9 Å². The van der Waals surface area contributed by atoms with Gasteiger partial charge in [-0.15, -0.1) is 0 Å². The number of amides is 3. The molecule has 3 rings (SSSR count). The molecular formula is C19H16N2O6. The Bertz CT molecular complexity index is 934. The first-order valence-electron chi connectivity index (χ1n) is 7.93. The maximum absolute atomic E-state index is 11.6. The molecule has 3 N–H and O–H groups in total. The molecule has 8 heteroatoms. The Kier molecular flexibility index (Phi) is 5.07. The molecule has 0 unspecified atom stereocenters. The lowest BCUT2D eigenvalue weighted by atomic mass is 10.1. The van der Waals surface area contributed by atoms with E-state index < -0.39 is 17.9 Å². The van der Waals surface area contributed by atoms with Gasteiger partial charge in [0.05, 0.1) is 12.7 Å². The molecule has 1 saturated heterocycles. The van der Waals surface area contributed by atoms with Gasteiger partial charge in [0.1, 0.15) is 12.3 Å². The second kappa shape index (κ2) is 7.61. The molecule has 0 spiro atoms. The summed E-state index contributed by atoms with van der Waals surface area (Å²) >= 11 is 0. The number of hydrogen-bond donors (Lipinski definition) is 3. The first-order valence-corrected chi connectivity index (χ1v) is 7.93. The molecule has 27 heavy (non-hydrogen) atoms. The quantitative estimate of drug-likeness (QED) is 0.532. The van der Waals surface area contributed by atoms with Crippen molar-refractivity contribution in [1.29, 1.82) is 0 Å². The monoisotopic (exact) mass is 368 g/mol. The van der Waals surface area contributed by atoms with Crippen LogP contribution in [0.25, 0.3) is 6.08 Å². The number of ether oxygens (including phenoxy) is 2. The smallest absolute Gasteiger partial charge is 0.335 e. The van der Waals surface area contributed by atoms with Gasteiger partial charge in [-0.2, -0.15) is 0 Å². The van der Waals surface area contributed by atoms with Gasteiger partial charge < -0.3 is 19.9 Å². The highest BCUT2D eigenvalue weighted by Crippen LogP contribution is 2.29. The normalized spacial score (nSPS) is 14.6. The van der Waals surface area contributed by atoms with Crippen molar-refractivity contribution in [3.05, 3.63) is 64.9 Å². The van der Waals surface area contributed by atoms with Crippen molar-refractivity contribution in [3.8, 4) is 11.5 Å². The van der Waals surface area contributed by atoms with E-state index in [1.807, 2.05) is 0 Å². The number of methoxy groups -OCH3 is 1. The average Bonchev–Trinajstić information content (AvgIpc) is 2.97. The predicted molar refractivity (Wildman–Crippen MR) is 95.4 cm³/mol. The lowest BCUT2D eigenvalue weighted by Gasteiger charge is -2.12. The highest BCUT2D eigenvalue weighted by molar-refractivity contribution is 6.14. The maximum atomic E-state index is 11.6. The minimum Gasteiger partial charge on any atom is -0.493 e. The molecule has 3 amide bonds. The molecule has 0 radical (unpaired) electrons. The molecule has 0 aliphatic carbocycles. The van der Waals surface area contributed by atoms with E-state index in [1.165, 1.54) is 25.3 Å². The van der Waals surface area contributed by atoms with Crippen LogP contribution >= 0.6 is 0 Å². The van der Waals surface area contributed by atoms with E-state index >= 15 is 0 Å². The zero-order valence-electron chi connectivity index (χ0n) is 14.3. The lowest BCUT2D eigenvalue weighted by molar-refractivity contribution is -0.115. The molecule has 2 aromatic carbocycles. The summed E-state index contributed by atoms with van der Waals surface area (Å²) < 4.78 is 11.1. The van der Waals surface area contributed by atoms with Crippen molar-refractivity contribution in [1.82, 2.24) is 10.6 Å². The molecule has 1 heterocycles. The molecule has 2 aromatic rings. The fourth-order valence-corrected chi connectivity index (χ4v) is 2.45. The Morgan fingerprint density at radius 3 is 2.41 bits per heavy atom. The summed E-state index contributed by atoms with van der Waals surface area (Å²) in [5.74, 6) is -0.539. The van der Waals surface area contributed by atoms with Crippen LogP contribution in [0.3, 0.4) is 0 Å². The van der Waals surface area contributed by atoms with E-state index in [1.54, 1.807) is 30.3 Å². The number of nitrogens with one attached hydrogen (secondary N) is 2. The van der Waals surface area contributed by atoms with Crippen molar-refractivity contribution in [3.63, 3.8) is 0 Å². The first-order chi connectivity index (χ1) is 13.0. The predicted octanol–water partition coefficient (Wildman–Crippen LogP) is 2.15. The van der Waals surface area contributed by atoms with Crippen LogP contribution in [0.1, 0.15) is 21.5 Å². The van der Waals surface area contributed by atoms with E-state index in [2.05, 4.69) is 10.6 Å². The molecule has 0 atom stereocenters. The van der Waals surface area contributed by atoms with Gasteiger partial charge in [0.2, 0.25) is 0 Å². The SMILES string of the molecule is COc1cc(C=C2NC(=O)NC2=O)ccc1OCc1ccc(C(=O)O)cc1. The third kappa shape index (κ3) is 4.24. The van der Waals surface area contributed by atoms with Crippen molar-refractivity contribution < 1.29 is 29.0 Å². The molecule has 0 bridgehead atoms. The van der Waals surface area contributed by atoms with Crippen LogP contribution in [0.4, 0.5) is 4.79 Å². The van der Waals surface area contributed by atoms with Gasteiger partial charge in [-0.1, -0.05) is 18.2 Å². The molecule has 1 aliphatic rings. The Morgan fingerprint density at radius 2 is 1.81 bits per heavy atom. The molecule has 8 nitrogen and oxygen atoms in total. The standard InChI is InChI=1S/C19H16N2O6/c1-26-16-9-12(8-14-17(22)21-19(25)20-14)4-7-15(16)27-10-11-2-5-13(6-3-11)18(23)24/h2-9H,10H2,1H3,(H,23,24)(H2,20,21,22,25). The Morgan fingerprint density at radius 1 is 1.07 bits per heavy atom. The number of carbonyl (C=O) groups is 3. The molecular weight excluding hydrogens is 352 g/mol. The van der Waals surface area contributed by atoms with Gasteiger partial charge in [0, 0.05) is 0 Å². The summed E-state index contributed by atoms with van der Waals surface area (Å²) in [5, 5.41) is 13.4. The van der Waals surface area contributed by atoms with E-state index in [0.717, 1.165) is 5.56 Å². The van der Waals surface area contributed by atoms with Crippen LogP contribution in [0.15, 0.2) is 48.2 Å². The van der Waals surface area contributed by atoms with E-state index in [0.29, 0.717) is 17.1 Å². The van der Waals surface area contributed by atoms with Crippen molar-refractivity contribution in [2.75, 3.05) is 7.11 Å². The van der Waals surface area contributed by atoms with Gasteiger partial charge in [0.15, 0.2) is 11.5 Å². The third-order valence-electron chi connectivity index (χ3n) is 3.81. The van der Waals surface area contributed by atoms with Crippen LogP contribution in [0.2, 0.25) is 0 Å². The number of rotatable bonds is 6. The molecule has 1 aliphatic heterocycles. The number of benzene rings is 2. The minimum atomic E-state index is -0.985. The van der Waals surface area contributed by atoms with Crippen LogP contribution in [0, 0.1) is 0 Å². The Balaban J connectivity index is 1.73. The summed E-state index contributed by atoms with van der Waals surface area (Å²) in [7, 11) is 1.49.